The molecule has 2 unspecified atom stereocenters. The summed E-state index contributed by atoms with van der Waals surface area (Å²) < 4.78 is 0. The van der Waals surface area contributed by atoms with Crippen LogP contribution >= 0.6 is 0 Å². The maximum Gasteiger partial charge on any atom is 0.129 e. The molecule has 6 aromatic carbocycles. The zero-order valence-corrected chi connectivity index (χ0v) is 25.0. The highest BCUT2D eigenvalue weighted by Gasteiger charge is 2.40. The van der Waals surface area contributed by atoms with Crippen LogP contribution in [0.5, 0.6) is 0 Å². The monoisotopic (exact) mass is 570 g/mol. The molecule has 2 aliphatic rings. The molecule has 0 saturated heterocycles. The lowest BCUT2D eigenvalue weighted by Crippen LogP contribution is -2.20. The van der Waals surface area contributed by atoms with Gasteiger partial charge in [-0.1, -0.05) is 157 Å². The molecule has 214 valence electrons. The molecule has 0 N–H and O–H groups in total. The van der Waals surface area contributed by atoms with Crippen LogP contribution in [0.2, 0.25) is 0 Å². The third-order valence-corrected chi connectivity index (χ3v) is 9.44. The Morgan fingerprint density at radius 1 is 0.364 bits per heavy atom. The van der Waals surface area contributed by atoms with E-state index in [4.69, 9.17) is 9.78 Å². The molecule has 0 heterocycles. The van der Waals surface area contributed by atoms with Crippen molar-refractivity contribution in [2.45, 2.75) is 37.9 Å². The van der Waals surface area contributed by atoms with Gasteiger partial charge in [-0.2, -0.15) is 0 Å². The van der Waals surface area contributed by atoms with Crippen molar-refractivity contribution in [1.82, 2.24) is 0 Å². The Morgan fingerprint density at radius 3 is 0.932 bits per heavy atom. The molecule has 6 aromatic rings. The zero-order chi connectivity index (χ0) is 29.6. The van der Waals surface area contributed by atoms with Gasteiger partial charge in [0.1, 0.15) is 12.2 Å². The van der Waals surface area contributed by atoms with Crippen molar-refractivity contribution in [3.8, 4) is 22.3 Å². The molecule has 0 bridgehead atoms. The Bertz CT molecular complexity index is 1720. The van der Waals surface area contributed by atoms with E-state index in [1.807, 2.05) is 0 Å². The predicted octanol–water partition coefficient (Wildman–Crippen LogP) is 10.7. The third-order valence-electron chi connectivity index (χ3n) is 9.44. The van der Waals surface area contributed by atoms with Crippen LogP contribution in [0.25, 0.3) is 22.3 Å². The molecule has 0 fully saturated rings. The maximum absolute atomic E-state index is 6.85. The van der Waals surface area contributed by atoms with Gasteiger partial charge >= 0.3 is 0 Å². The summed E-state index contributed by atoms with van der Waals surface area (Å²) >= 11 is 0. The van der Waals surface area contributed by atoms with Gasteiger partial charge in [0.15, 0.2) is 0 Å². The zero-order valence-electron chi connectivity index (χ0n) is 25.0. The van der Waals surface area contributed by atoms with Crippen molar-refractivity contribution in [3.05, 3.63) is 190 Å². The van der Waals surface area contributed by atoms with Crippen LogP contribution in [0, 0.1) is 13.8 Å². The summed E-state index contributed by atoms with van der Waals surface area (Å²) in [5.41, 5.74) is 14.8. The first-order chi connectivity index (χ1) is 21.7. The number of hydrogen-bond donors (Lipinski definition) is 0. The summed E-state index contributed by atoms with van der Waals surface area (Å²) in [6.07, 6.45) is -0.694. The second kappa shape index (κ2) is 11.1. The van der Waals surface area contributed by atoms with Gasteiger partial charge in [0.2, 0.25) is 0 Å². The lowest BCUT2D eigenvalue weighted by Gasteiger charge is -2.30. The molecule has 8 rings (SSSR count). The van der Waals surface area contributed by atoms with E-state index in [1.165, 1.54) is 55.6 Å². The van der Waals surface area contributed by atoms with Gasteiger partial charge in [0, 0.05) is 11.8 Å². The Labute approximate surface area is 259 Å². The van der Waals surface area contributed by atoms with E-state index >= 15 is 0 Å². The van der Waals surface area contributed by atoms with Crippen molar-refractivity contribution in [2.24, 2.45) is 0 Å². The van der Waals surface area contributed by atoms with E-state index in [9.17, 15) is 0 Å². The quantitative estimate of drug-likeness (QED) is 0.140. The number of benzene rings is 6. The minimum Gasteiger partial charge on any atom is -0.227 e. The van der Waals surface area contributed by atoms with Crippen molar-refractivity contribution in [3.63, 3.8) is 0 Å². The molecular weight excluding hydrogens is 536 g/mol. The van der Waals surface area contributed by atoms with Crippen LogP contribution in [0.1, 0.15) is 68.6 Å². The molecule has 0 spiro atoms. The summed E-state index contributed by atoms with van der Waals surface area (Å²) in [6.45, 7) is 4.25. The predicted molar refractivity (Wildman–Crippen MR) is 177 cm³/mol. The highest BCUT2D eigenvalue weighted by Crippen LogP contribution is 2.54. The van der Waals surface area contributed by atoms with E-state index in [0.717, 1.165) is 11.1 Å². The van der Waals surface area contributed by atoms with Crippen LogP contribution in [-0.4, -0.2) is 0 Å². The summed E-state index contributed by atoms with van der Waals surface area (Å²) in [6, 6.07) is 52.3. The highest BCUT2D eigenvalue weighted by molar-refractivity contribution is 5.80. The fourth-order valence-corrected chi connectivity index (χ4v) is 7.28. The van der Waals surface area contributed by atoms with E-state index in [-0.39, 0.29) is 24.0 Å². The van der Waals surface area contributed by atoms with Gasteiger partial charge in [-0.15, -0.1) is 0 Å². The van der Waals surface area contributed by atoms with Crippen molar-refractivity contribution in [1.29, 1.82) is 0 Å². The van der Waals surface area contributed by atoms with E-state index in [2.05, 4.69) is 159 Å². The molecular formula is C42H34O2. The van der Waals surface area contributed by atoms with Crippen molar-refractivity contribution in [2.75, 3.05) is 0 Å². The molecule has 0 radical (unpaired) electrons. The molecule has 0 aliphatic heterocycles. The number of aryl methyl sites for hydroxylation is 2. The van der Waals surface area contributed by atoms with Gasteiger partial charge < -0.3 is 0 Å². The second-order valence-corrected chi connectivity index (χ2v) is 12.2. The lowest BCUT2D eigenvalue weighted by atomic mass is 9.86. The van der Waals surface area contributed by atoms with E-state index in [1.54, 1.807) is 0 Å². The van der Waals surface area contributed by atoms with Crippen LogP contribution < -0.4 is 0 Å². The first-order valence-corrected chi connectivity index (χ1v) is 15.5. The summed E-state index contributed by atoms with van der Waals surface area (Å²) in [4.78, 5) is 13.7. The third kappa shape index (κ3) is 4.50. The molecule has 2 atom stereocenters. The first kappa shape index (κ1) is 26.8. The molecule has 0 saturated carbocycles. The maximum atomic E-state index is 6.85. The fourth-order valence-electron chi connectivity index (χ4n) is 7.28. The molecule has 0 aromatic heterocycles. The van der Waals surface area contributed by atoms with Crippen LogP contribution in [0.4, 0.5) is 0 Å². The van der Waals surface area contributed by atoms with Gasteiger partial charge in [-0.25, -0.2) is 9.78 Å². The highest BCUT2D eigenvalue weighted by atomic mass is 17.2. The van der Waals surface area contributed by atoms with Crippen LogP contribution in [0.15, 0.2) is 146 Å². The molecule has 2 heteroatoms. The normalized spacial score (nSPS) is 14.9. The minimum atomic E-state index is -0.347. The Hall–Kier alpha value is -4.76. The fraction of sp³-hybridized carbons (Fsp3) is 0.143. The molecule has 0 amide bonds. The number of rotatable bonds is 7. The average molecular weight is 571 g/mol. The van der Waals surface area contributed by atoms with Gasteiger partial charge in [-0.05, 0) is 69.5 Å². The Morgan fingerprint density at radius 2 is 0.636 bits per heavy atom. The van der Waals surface area contributed by atoms with Crippen molar-refractivity contribution >= 4 is 0 Å². The number of fused-ring (bicyclic) bond motifs is 6. The Kier molecular flexibility index (Phi) is 6.75. The second-order valence-electron chi connectivity index (χ2n) is 12.2. The number of hydrogen-bond acceptors (Lipinski definition) is 2. The van der Waals surface area contributed by atoms with Crippen LogP contribution in [-0.2, 0) is 9.78 Å². The smallest absolute Gasteiger partial charge is 0.129 e. The van der Waals surface area contributed by atoms with E-state index in [0.29, 0.717) is 0 Å². The summed E-state index contributed by atoms with van der Waals surface area (Å²) in [7, 11) is 0. The SMILES string of the molecule is Cc1ccc(C(OOC(c2ccc(C)cc2)C2c3ccccc3-c3ccccc32)C2c3ccccc3-c3ccccc32)cc1. The summed E-state index contributed by atoms with van der Waals surface area (Å²) in [5, 5.41) is 0. The molecule has 2 nitrogen and oxygen atoms in total. The van der Waals surface area contributed by atoms with Gasteiger partial charge in [0.25, 0.3) is 0 Å². The molecule has 2 aliphatic carbocycles. The van der Waals surface area contributed by atoms with Crippen molar-refractivity contribution < 1.29 is 9.78 Å². The van der Waals surface area contributed by atoms with Crippen LogP contribution in [0.3, 0.4) is 0 Å². The Balaban J connectivity index is 1.25. The van der Waals surface area contributed by atoms with Gasteiger partial charge in [-0.3, -0.25) is 0 Å². The van der Waals surface area contributed by atoms with E-state index < -0.39 is 0 Å². The average Bonchev–Trinajstić information content (AvgIpc) is 3.58. The first-order valence-electron chi connectivity index (χ1n) is 15.5. The minimum absolute atomic E-state index is 0.00748. The largest absolute Gasteiger partial charge is 0.227 e. The standard InChI is InChI=1S/C42H34O2/c1-27-19-23-29(24-20-27)41(39-35-15-7-3-11-31(35)32-12-4-8-16-36(32)39)43-44-42(30-25-21-28(2)22-26-30)40-37-17-9-5-13-33(37)34-14-6-10-18-38(34)40/h3-26,39-42H,1-2H3. The lowest BCUT2D eigenvalue weighted by molar-refractivity contribution is -0.361. The van der Waals surface area contributed by atoms with Gasteiger partial charge in [0.05, 0.1) is 0 Å². The topological polar surface area (TPSA) is 18.5 Å². The molecule has 44 heavy (non-hydrogen) atoms. The summed E-state index contributed by atoms with van der Waals surface area (Å²) in [5.74, 6) is -0.0150.